The molecule has 1 heterocycles. The van der Waals surface area contributed by atoms with Crippen molar-refractivity contribution < 1.29 is 14.3 Å². The molecular formula is C15H21N3O3. The number of carbonyl (C=O) groups excluding carboxylic acids is 2. The Balaban J connectivity index is 2.05. The molecule has 3 N–H and O–H groups in total. The highest BCUT2D eigenvalue weighted by atomic mass is 16.5. The number of anilines is 1. The molecule has 114 valence electrons. The molecule has 1 aromatic carbocycles. The van der Waals surface area contributed by atoms with E-state index in [0.29, 0.717) is 17.0 Å². The molecule has 6 heteroatoms. The van der Waals surface area contributed by atoms with Gasteiger partial charge in [-0.3, -0.25) is 9.59 Å². The van der Waals surface area contributed by atoms with E-state index in [1.54, 1.807) is 30.0 Å². The van der Waals surface area contributed by atoms with E-state index in [2.05, 4.69) is 5.32 Å². The largest absolute Gasteiger partial charge is 0.497 e. The van der Waals surface area contributed by atoms with E-state index in [4.69, 9.17) is 10.5 Å². The summed E-state index contributed by atoms with van der Waals surface area (Å²) in [6.45, 7) is 3.22. The number of methoxy groups -OCH3 is 1. The van der Waals surface area contributed by atoms with Crippen molar-refractivity contribution in [2.45, 2.75) is 25.8 Å². The van der Waals surface area contributed by atoms with Gasteiger partial charge < -0.3 is 20.7 Å². The van der Waals surface area contributed by atoms with Crippen LogP contribution in [0.5, 0.6) is 5.75 Å². The van der Waals surface area contributed by atoms with Gasteiger partial charge in [0.25, 0.3) is 5.91 Å². The van der Waals surface area contributed by atoms with Crippen LogP contribution in [0.15, 0.2) is 18.2 Å². The topological polar surface area (TPSA) is 84.7 Å². The predicted octanol–water partition coefficient (Wildman–Crippen LogP) is 1.02. The third-order valence-corrected chi connectivity index (χ3v) is 3.64. The van der Waals surface area contributed by atoms with Crippen LogP contribution in [0.4, 0.5) is 5.69 Å². The smallest absolute Gasteiger partial charge is 0.254 e. The summed E-state index contributed by atoms with van der Waals surface area (Å²) >= 11 is 0. The van der Waals surface area contributed by atoms with Gasteiger partial charge in [0.15, 0.2) is 0 Å². The second kappa shape index (κ2) is 6.47. The van der Waals surface area contributed by atoms with Gasteiger partial charge in [-0.1, -0.05) is 0 Å². The maximum atomic E-state index is 12.2. The zero-order valence-corrected chi connectivity index (χ0v) is 12.4. The summed E-state index contributed by atoms with van der Waals surface area (Å²) in [7, 11) is 1.52. The molecule has 1 atom stereocenters. The average Bonchev–Trinajstić information content (AvgIpc) is 3.00. The van der Waals surface area contributed by atoms with E-state index in [1.807, 2.05) is 0 Å². The first-order chi connectivity index (χ1) is 10.0. The molecule has 2 rings (SSSR count). The second-order valence-electron chi connectivity index (χ2n) is 5.18. The lowest BCUT2D eigenvalue weighted by atomic mass is 10.1. The van der Waals surface area contributed by atoms with Gasteiger partial charge >= 0.3 is 0 Å². The molecule has 1 aliphatic rings. The number of nitrogens with one attached hydrogen (secondary N) is 1. The Morgan fingerprint density at radius 3 is 2.62 bits per heavy atom. The van der Waals surface area contributed by atoms with Crippen molar-refractivity contribution in [3.8, 4) is 5.75 Å². The summed E-state index contributed by atoms with van der Waals surface area (Å²) in [5.41, 5.74) is 6.48. The van der Waals surface area contributed by atoms with Gasteiger partial charge in [-0.2, -0.15) is 0 Å². The lowest BCUT2D eigenvalue weighted by molar-refractivity contribution is -0.131. The fraction of sp³-hybridized carbons (Fsp3) is 0.467. The molecular weight excluding hydrogens is 270 g/mol. The highest BCUT2D eigenvalue weighted by molar-refractivity contribution is 6.01. The number of ether oxygens (including phenoxy) is 1. The number of hydrogen-bond donors (Lipinski definition) is 2. The quantitative estimate of drug-likeness (QED) is 0.811. The maximum Gasteiger partial charge on any atom is 0.254 e. The van der Waals surface area contributed by atoms with Crippen molar-refractivity contribution in [3.05, 3.63) is 23.8 Å². The van der Waals surface area contributed by atoms with E-state index in [9.17, 15) is 9.59 Å². The zero-order chi connectivity index (χ0) is 15.4. The van der Waals surface area contributed by atoms with Gasteiger partial charge in [0, 0.05) is 18.8 Å². The van der Waals surface area contributed by atoms with E-state index >= 15 is 0 Å². The maximum absolute atomic E-state index is 12.2. The highest BCUT2D eigenvalue weighted by Gasteiger charge is 2.25. The third kappa shape index (κ3) is 3.45. The molecule has 0 saturated carbocycles. The first kappa shape index (κ1) is 15.2. The third-order valence-electron chi connectivity index (χ3n) is 3.64. The van der Waals surface area contributed by atoms with Crippen molar-refractivity contribution in [2.24, 2.45) is 0 Å². The Morgan fingerprint density at radius 1 is 1.33 bits per heavy atom. The zero-order valence-electron chi connectivity index (χ0n) is 12.4. The van der Waals surface area contributed by atoms with Gasteiger partial charge in [0.05, 0.1) is 12.7 Å². The lowest BCUT2D eigenvalue weighted by Crippen LogP contribution is -2.46. The van der Waals surface area contributed by atoms with Crippen LogP contribution in [0.25, 0.3) is 0 Å². The summed E-state index contributed by atoms with van der Waals surface area (Å²) in [6, 6.07) is 4.30. The van der Waals surface area contributed by atoms with E-state index in [0.717, 1.165) is 25.9 Å². The number of carbonyl (C=O) groups is 2. The molecule has 1 unspecified atom stereocenters. The Labute approximate surface area is 124 Å². The summed E-state index contributed by atoms with van der Waals surface area (Å²) in [5, 5.41) is 2.70. The molecule has 1 saturated heterocycles. The molecule has 1 fully saturated rings. The van der Waals surface area contributed by atoms with Crippen LogP contribution in [0.1, 0.15) is 30.1 Å². The van der Waals surface area contributed by atoms with Gasteiger partial charge in [-0.05, 0) is 38.0 Å². The highest BCUT2D eigenvalue weighted by Crippen LogP contribution is 2.19. The van der Waals surface area contributed by atoms with Gasteiger partial charge in [0.2, 0.25) is 5.91 Å². The van der Waals surface area contributed by atoms with Gasteiger partial charge in [0.1, 0.15) is 11.8 Å². The first-order valence-corrected chi connectivity index (χ1v) is 7.06. The van der Waals surface area contributed by atoms with E-state index < -0.39 is 6.04 Å². The minimum Gasteiger partial charge on any atom is -0.497 e. The average molecular weight is 291 g/mol. The minimum absolute atomic E-state index is 0.0534. The van der Waals surface area contributed by atoms with Gasteiger partial charge in [-0.25, -0.2) is 0 Å². The van der Waals surface area contributed by atoms with Crippen LogP contribution >= 0.6 is 0 Å². The van der Waals surface area contributed by atoms with Crippen molar-refractivity contribution in [2.75, 3.05) is 25.9 Å². The monoisotopic (exact) mass is 291 g/mol. The predicted molar refractivity (Wildman–Crippen MR) is 80.1 cm³/mol. The van der Waals surface area contributed by atoms with Crippen LogP contribution in [0.2, 0.25) is 0 Å². The number of nitrogens with two attached hydrogens (primary N) is 1. The SMILES string of the molecule is COc1ccc(N)c(C(=O)NC(C)C(=O)N2CCCC2)c1. The Hall–Kier alpha value is -2.24. The number of nitrogen functional groups attached to an aromatic ring is 1. The molecule has 0 aliphatic carbocycles. The fourth-order valence-electron chi connectivity index (χ4n) is 2.41. The molecule has 1 aromatic rings. The number of nitrogens with zero attached hydrogens (tertiary/aromatic N) is 1. The first-order valence-electron chi connectivity index (χ1n) is 7.06. The molecule has 0 bridgehead atoms. The van der Waals surface area contributed by atoms with Crippen molar-refractivity contribution in [1.82, 2.24) is 10.2 Å². The molecule has 0 radical (unpaired) electrons. The second-order valence-corrected chi connectivity index (χ2v) is 5.18. The fourth-order valence-corrected chi connectivity index (χ4v) is 2.41. The minimum atomic E-state index is -0.568. The lowest BCUT2D eigenvalue weighted by Gasteiger charge is -2.21. The molecule has 0 aromatic heterocycles. The van der Waals surface area contributed by atoms with Crippen LogP contribution < -0.4 is 15.8 Å². The summed E-state index contributed by atoms with van der Waals surface area (Å²) in [4.78, 5) is 26.2. The van der Waals surface area contributed by atoms with Crippen molar-refractivity contribution in [1.29, 1.82) is 0 Å². The van der Waals surface area contributed by atoms with E-state index in [-0.39, 0.29) is 11.8 Å². The normalized spacial score (nSPS) is 15.6. The number of hydrogen-bond acceptors (Lipinski definition) is 4. The number of amides is 2. The van der Waals surface area contributed by atoms with Crippen molar-refractivity contribution >= 4 is 17.5 Å². The Morgan fingerprint density at radius 2 is 2.00 bits per heavy atom. The molecule has 1 aliphatic heterocycles. The molecule has 2 amide bonds. The molecule has 6 nitrogen and oxygen atoms in total. The number of rotatable bonds is 4. The summed E-state index contributed by atoms with van der Waals surface area (Å²) < 4.78 is 5.08. The standard InChI is InChI=1S/C15H21N3O3/c1-10(15(20)18-7-3-4-8-18)17-14(19)12-9-11(21-2)5-6-13(12)16/h5-6,9-10H,3-4,7-8,16H2,1-2H3,(H,17,19). The number of likely N-dealkylation sites (tertiary alicyclic amines) is 1. The van der Waals surface area contributed by atoms with Gasteiger partial charge in [-0.15, -0.1) is 0 Å². The van der Waals surface area contributed by atoms with Crippen LogP contribution in [-0.2, 0) is 4.79 Å². The summed E-state index contributed by atoms with van der Waals surface area (Å²) in [5.74, 6) is 0.127. The summed E-state index contributed by atoms with van der Waals surface area (Å²) in [6.07, 6.45) is 2.05. The van der Waals surface area contributed by atoms with Crippen LogP contribution in [0.3, 0.4) is 0 Å². The molecule has 0 spiro atoms. The van der Waals surface area contributed by atoms with Crippen LogP contribution in [0, 0.1) is 0 Å². The van der Waals surface area contributed by atoms with Crippen molar-refractivity contribution in [3.63, 3.8) is 0 Å². The Bertz CT molecular complexity index is 539. The van der Waals surface area contributed by atoms with E-state index in [1.165, 1.54) is 7.11 Å². The van der Waals surface area contributed by atoms with Crippen LogP contribution in [-0.4, -0.2) is 43.0 Å². The Kier molecular flexibility index (Phi) is 4.67. The molecule has 21 heavy (non-hydrogen) atoms. The number of benzene rings is 1.